The van der Waals surface area contributed by atoms with Gasteiger partial charge in [0.2, 0.25) is 5.91 Å². The predicted molar refractivity (Wildman–Crippen MR) is 57.6 cm³/mol. The number of alkyl halides is 2. The minimum Gasteiger partial charge on any atom is -0.385 e. The lowest BCUT2D eigenvalue weighted by molar-refractivity contribution is -0.124. The van der Waals surface area contributed by atoms with Crippen LogP contribution in [0.3, 0.4) is 0 Å². The Kier molecular flexibility index (Phi) is 3.93. The van der Waals surface area contributed by atoms with Crippen molar-refractivity contribution in [2.45, 2.75) is 37.8 Å². The third-order valence-electron chi connectivity index (χ3n) is 3.80. The number of carbonyl (C=O) groups excluding carboxylic acids is 1. The van der Waals surface area contributed by atoms with Crippen molar-refractivity contribution < 1.29 is 18.7 Å². The minimum absolute atomic E-state index is 0.265. The third kappa shape index (κ3) is 2.74. The Morgan fingerprint density at radius 1 is 1.47 bits per heavy atom. The van der Waals surface area contributed by atoms with Crippen molar-refractivity contribution >= 4 is 5.91 Å². The van der Waals surface area contributed by atoms with Crippen LogP contribution in [0, 0.1) is 11.8 Å². The molecule has 6 heteroatoms. The molecule has 1 amide bonds. The largest absolute Gasteiger partial charge is 0.385 e. The average Bonchev–Trinajstić information content (AvgIpc) is 2.86. The highest BCUT2D eigenvalue weighted by atomic mass is 19.3. The van der Waals surface area contributed by atoms with Gasteiger partial charge in [0.15, 0.2) is 0 Å². The van der Waals surface area contributed by atoms with Crippen molar-refractivity contribution in [3.8, 4) is 0 Å². The van der Waals surface area contributed by atoms with Gasteiger partial charge in [0.05, 0.1) is 6.04 Å². The summed E-state index contributed by atoms with van der Waals surface area (Å²) in [6.45, 7) is 0.451. The van der Waals surface area contributed by atoms with Gasteiger partial charge in [0, 0.05) is 6.54 Å². The molecule has 1 aliphatic carbocycles. The van der Waals surface area contributed by atoms with Crippen LogP contribution < -0.4 is 10.6 Å². The lowest BCUT2D eigenvalue weighted by Gasteiger charge is -2.18. The maximum atomic E-state index is 12.1. The number of rotatable bonds is 4. The molecule has 0 bridgehead atoms. The van der Waals surface area contributed by atoms with E-state index in [-0.39, 0.29) is 18.5 Å². The molecule has 2 fully saturated rings. The SMILES string of the molecule is O=C(NCC(O)C(F)F)C1NCC2CCCC21. The number of aliphatic hydroxyl groups is 1. The Bertz CT molecular complexity index is 289. The van der Waals surface area contributed by atoms with Crippen molar-refractivity contribution in [1.29, 1.82) is 0 Å². The molecule has 3 N–H and O–H groups in total. The summed E-state index contributed by atoms with van der Waals surface area (Å²) < 4.78 is 24.1. The Balaban J connectivity index is 1.80. The molecule has 4 nitrogen and oxygen atoms in total. The highest BCUT2D eigenvalue weighted by molar-refractivity contribution is 5.82. The highest BCUT2D eigenvalue weighted by Crippen LogP contribution is 2.37. The van der Waals surface area contributed by atoms with E-state index in [1.807, 2.05) is 0 Å². The second-order valence-corrected chi connectivity index (χ2v) is 4.89. The van der Waals surface area contributed by atoms with Crippen molar-refractivity contribution in [2.24, 2.45) is 11.8 Å². The van der Waals surface area contributed by atoms with Gasteiger partial charge in [-0.2, -0.15) is 0 Å². The molecular weight excluding hydrogens is 230 g/mol. The molecule has 17 heavy (non-hydrogen) atoms. The van der Waals surface area contributed by atoms with E-state index >= 15 is 0 Å². The third-order valence-corrected chi connectivity index (χ3v) is 3.80. The molecule has 1 heterocycles. The number of amides is 1. The lowest BCUT2D eigenvalue weighted by Crippen LogP contribution is -2.47. The summed E-state index contributed by atoms with van der Waals surface area (Å²) >= 11 is 0. The molecule has 1 aliphatic heterocycles. The molecule has 0 radical (unpaired) electrons. The number of hydrogen-bond donors (Lipinski definition) is 3. The zero-order valence-electron chi connectivity index (χ0n) is 9.53. The molecule has 1 saturated carbocycles. The standard InChI is InChI=1S/C11H18F2N2O2/c12-10(13)8(16)5-15-11(17)9-7-3-1-2-6(7)4-14-9/h6-10,14,16H,1-5H2,(H,15,17). The molecule has 1 saturated heterocycles. The van der Waals surface area contributed by atoms with Crippen molar-refractivity contribution in [3.63, 3.8) is 0 Å². The number of hydrogen-bond acceptors (Lipinski definition) is 3. The zero-order chi connectivity index (χ0) is 12.4. The van der Waals surface area contributed by atoms with Gasteiger partial charge in [-0.1, -0.05) is 6.42 Å². The Morgan fingerprint density at radius 3 is 2.94 bits per heavy atom. The van der Waals surface area contributed by atoms with E-state index in [0.29, 0.717) is 11.8 Å². The Labute approximate surface area is 98.8 Å². The van der Waals surface area contributed by atoms with Gasteiger partial charge in [-0.3, -0.25) is 4.79 Å². The van der Waals surface area contributed by atoms with E-state index in [1.54, 1.807) is 0 Å². The molecule has 4 atom stereocenters. The molecule has 0 aromatic carbocycles. The van der Waals surface area contributed by atoms with Crippen LogP contribution in [0.2, 0.25) is 0 Å². The van der Waals surface area contributed by atoms with E-state index < -0.39 is 12.5 Å². The van der Waals surface area contributed by atoms with Crippen LogP contribution in [-0.2, 0) is 4.79 Å². The molecule has 2 aliphatic rings. The Morgan fingerprint density at radius 2 is 2.24 bits per heavy atom. The van der Waals surface area contributed by atoms with Gasteiger partial charge in [0.25, 0.3) is 6.43 Å². The van der Waals surface area contributed by atoms with Crippen LogP contribution in [0.15, 0.2) is 0 Å². The van der Waals surface area contributed by atoms with E-state index in [9.17, 15) is 13.6 Å². The minimum atomic E-state index is -2.81. The summed E-state index contributed by atoms with van der Waals surface area (Å²) in [5.41, 5.74) is 0. The first-order chi connectivity index (χ1) is 8.09. The maximum Gasteiger partial charge on any atom is 0.265 e. The normalized spacial score (nSPS) is 33.8. The summed E-state index contributed by atoms with van der Waals surface area (Å²) in [5, 5.41) is 14.4. The van der Waals surface area contributed by atoms with E-state index in [2.05, 4.69) is 10.6 Å². The van der Waals surface area contributed by atoms with Gasteiger partial charge in [-0.05, 0) is 31.2 Å². The Hall–Kier alpha value is -0.750. The van der Waals surface area contributed by atoms with Gasteiger partial charge in [-0.25, -0.2) is 8.78 Å². The smallest absolute Gasteiger partial charge is 0.265 e. The predicted octanol–water partition coefficient (Wildman–Crippen LogP) is 0.117. The summed E-state index contributed by atoms with van der Waals surface area (Å²) in [5.74, 6) is 0.614. The molecule has 0 spiro atoms. The number of halogens is 2. The van der Waals surface area contributed by atoms with E-state index in [1.165, 1.54) is 0 Å². The van der Waals surface area contributed by atoms with Gasteiger partial charge in [-0.15, -0.1) is 0 Å². The topological polar surface area (TPSA) is 61.4 Å². The van der Waals surface area contributed by atoms with Crippen LogP contribution >= 0.6 is 0 Å². The molecule has 0 aromatic rings. The molecule has 2 rings (SSSR count). The summed E-state index contributed by atoms with van der Waals surface area (Å²) in [4.78, 5) is 11.8. The lowest BCUT2D eigenvalue weighted by atomic mass is 9.93. The highest BCUT2D eigenvalue weighted by Gasteiger charge is 2.42. The summed E-state index contributed by atoms with van der Waals surface area (Å²) in [6, 6.07) is -0.271. The molecular formula is C11H18F2N2O2. The van der Waals surface area contributed by atoms with Crippen LogP contribution in [0.25, 0.3) is 0 Å². The van der Waals surface area contributed by atoms with Gasteiger partial charge < -0.3 is 15.7 Å². The number of carbonyl (C=O) groups is 1. The van der Waals surface area contributed by atoms with Gasteiger partial charge >= 0.3 is 0 Å². The van der Waals surface area contributed by atoms with Crippen LogP contribution in [-0.4, -0.2) is 42.7 Å². The monoisotopic (exact) mass is 248 g/mol. The van der Waals surface area contributed by atoms with Crippen LogP contribution in [0.5, 0.6) is 0 Å². The van der Waals surface area contributed by atoms with Crippen molar-refractivity contribution in [2.75, 3.05) is 13.1 Å². The fourth-order valence-electron chi connectivity index (χ4n) is 2.88. The number of fused-ring (bicyclic) bond motifs is 1. The van der Waals surface area contributed by atoms with Gasteiger partial charge in [0.1, 0.15) is 6.10 Å². The maximum absolute atomic E-state index is 12.1. The number of aliphatic hydroxyl groups excluding tert-OH is 1. The second-order valence-electron chi connectivity index (χ2n) is 4.89. The molecule has 4 unspecified atom stereocenters. The summed E-state index contributed by atoms with van der Waals surface area (Å²) in [6.07, 6.45) is -1.29. The molecule has 0 aromatic heterocycles. The van der Waals surface area contributed by atoms with Crippen LogP contribution in [0.1, 0.15) is 19.3 Å². The van der Waals surface area contributed by atoms with E-state index in [0.717, 1.165) is 25.8 Å². The fraction of sp³-hybridized carbons (Fsp3) is 0.909. The average molecular weight is 248 g/mol. The first kappa shape index (κ1) is 12.7. The van der Waals surface area contributed by atoms with Crippen molar-refractivity contribution in [3.05, 3.63) is 0 Å². The quantitative estimate of drug-likeness (QED) is 0.662. The number of nitrogens with one attached hydrogen (secondary N) is 2. The second kappa shape index (κ2) is 5.27. The van der Waals surface area contributed by atoms with E-state index in [4.69, 9.17) is 5.11 Å². The van der Waals surface area contributed by atoms with Crippen LogP contribution in [0.4, 0.5) is 8.78 Å². The fourth-order valence-corrected chi connectivity index (χ4v) is 2.88. The molecule has 98 valence electrons. The van der Waals surface area contributed by atoms with Crippen molar-refractivity contribution in [1.82, 2.24) is 10.6 Å². The first-order valence-corrected chi connectivity index (χ1v) is 6.07. The zero-order valence-corrected chi connectivity index (χ0v) is 9.53. The summed E-state index contributed by atoms with van der Waals surface area (Å²) in [7, 11) is 0. The first-order valence-electron chi connectivity index (χ1n) is 6.07.